The number of thiazole rings is 1. The summed E-state index contributed by atoms with van der Waals surface area (Å²) in [4.78, 5) is 28.8. The van der Waals surface area contributed by atoms with Gasteiger partial charge in [-0.3, -0.25) is 9.59 Å². The van der Waals surface area contributed by atoms with Crippen LogP contribution in [0.5, 0.6) is 0 Å². The number of carbonyl (C=O) groups excluding carboxylic acids is 2. The van der Waals surface area contributed by atoms with E-state index in [-0.39, 0.29) is 18.3 Å². The third kappa shape index (κ3) is 4.46. The number of nitrogens with zero attached hydrogens (tertiary/aromatic N) is 2. The minimum atomic E-state index is -0.283. The monoisotopic (exact) mass is 368 g/mol. The van der Waals surface area contributed by atoms with Gasteiger partial charge in [-0.05, 0) is 24.1 Å². The van der Waals surface area contributed by atoms with Gasteiger partial charge in [0.15, 0.2) is 4.80 Å². The average molecular weight is 368 g/mol. The van der Waals surface area contributed by atoms with Crippen molar-refractivity contribution in [3.63, 3.8) is 0 Å². The van der Waals surface area contributed by atoms with Crippen LogP contribution >= 0.6 is 11.3 Å². The van der Waals surface area contributed by atoms with Crippen molar-refractivity contribution in [2.24, 2.45) is 4.99 Å². The number of fused-ring (bicyclic) bond motifs is 1. The third-order valence-electron chi connectivity index (χ3n) is 4.05. The van der Waals surface area contributed by atoms with Gasteiger partial charge in [0.25, 0.3) is 0 Å². The lowest BCUT2D eigenvalue weighted by atomic mass is 10.1. The number of hydrogen-bond acceptors (Lipinski definition) is 4. The Balaban J connectivity index is 1.84. The van der Waals surface area contributed by atoms with Crippen LogP contribution < -0.4 is 4.80 Å². The van der Waals surface area contributed by atoms with Gasteiger partial charge in [-0.25, -0.2) is 0 Å². The van der Waals surface area contributed by atoms with E-state index in [1.807, 2.05) is 59.2 Å². The molecule has 134 valence electrons. The van der Waals surface area contributed by atoms with Crippen LogP contribution in [-0.2, 0) is 27.3 Å². The Morgan fingerprint density at radius 1 is 1.04 bits per heavy atom. The summed E-state index contributed by atoms with van der Waals surface area (Å²) in [5, 5.41) is 0. The SMILES string of the molecule is COC(=O)CCn1c(=NC(=O)CCc2ccccc2)sc2ccccc21. The van der Waals surface area contributed by atoms with Crippen LogP contribution in [0.25, 0.3) is 10.2 Å². The van der Waals surface area contributed by atoms with E-state index in [0.29, 0.717) is 24.2 Å². The molecule has 0 saturated heterocycles. The molecule has 0 bridgehead atoms. The van der Waals surface area contributed by atoms with E-state index in [9.17, 15) is 9.59 Å². The van der Waals surface area contributed by atoms with E-state index in [0.717, 1.165) is 15.8 Å². The molecule has 1 amide bonds. The zero-order valence-corrected chi connectivity index (χ0v) is 15.4. The first kappa shape index (κ1) is 18.1. The second-order valence-electron chi connectivity index (χ2n) is 5.82. The molecule has 1 heterocycles. The zero-order chi connectivity index (χ0) is 18.4. The molecule has 0 aliphatic rings. The smallest absolute Gasteiger partial charge is 0.307 e. The highest BCUT2D eigenvalue weighted by Gasteiger charge is 2.10. The van der Waals surface area contributed by atoms with Crippen molar-refractivity contribution < 1.29 is 14.3 Å². The van der Waals surface area contributed by atoms with Crippen LogP contribution in [0, 0.1) is 0 Å². The highest BCUT2D eigenvalue weighted by atomic mass is 32.1. The second-order valence-corrected chi connectivity index (χ2v) is 6.83. The molecule has 0 spiro atoms. The van der Waals surface area contributed by atoms with E-state index in [2.05, 4.69) is 4.99 Å². The molecule has 0 atom stereocenters. The number of benzene rings is 2. The van der Waals surface area contributed by atoms with Crippen LogP contribution in [0.1, 0.15) is 18.4 Å². The number of aryl methyl sites for hydroxylation is 2. The van der Waals surface area contributed by atoms with Gasteiger partial charge in [0.2, 0.25) is 5.91 Å². The zero-order valence-electron chi connectivity index (χ0n) is 14.6. The Bertz CT molecular complexity index is 973. The lowest BCUT2D eigenvalue weighted by molar-refractivity contribution is -0.140. The standard InChI is InChI=1S/C20H20N2O3S/c1-25-19(24)13-14-22-16-9-5-6-10-17(16)26-20(22)21-18(23)12-11-15-7-3-2-4-8-15/h2-10H,11-14H2,1H3. The van der Waals surface area contributed by atoms with Crippen molar-refractivity contribution >= 4 is 33.4 Å². The van der Waals surface area contributed by atoms with Crippen LogP contribution in [0.4, 0.5) is 0 Å². The number of amides is 1. The molecular formula is C20H20N2O3S. The van der Waals surface area contributed by atoms with Gasteiger partial charge >= 0.3 is 5.97 Å². The molecule has 26 heavy (non-hydrogen) atoms. The van der Waals surface area contributed by atoms with Gasteiger partial charge in [-0.15, -0.1) is 0 Å². The highest BCUT2D eigenvalue weighted by molar-refractivity contribution is 7.16. The number of carbonyl (C=O) groups is 2. The summed E-state index contributed by atoms with van der Waals surface area (Å²) in [5.74, 6) is -0.443. The van der Waals surface area contributed by atoms with Gasteiger partial charge < -0.3 is 9.30 Å². The number of aromatic nitrogens is 1. The molecule has 0 aliphatic carbocycles. The Morgan fingerprint density at radius 2 is 1.77 bits per heavy atom. The largest absolute Gasteiger partial charge is 0.469 e. The van der Waals surface area contributed by atoms with E-state index in [1.54, 1.807) is 0 Å². The molecule has 0 N–H and O–H groups in total. The Labute approximate surface area is 155 Å². The predicted octanol–water partition coefficient (Wildman–Crippen LogP) is 3.33. The van der Waals surface area contributed by atoms with Gasteiger partial charge in [0, 0.05) is 13.0 Å². The van der Waals surface area contributed by atoms with Crippen LogP contribution in [0.15, 0.2) is 59.6 Å². The van der Waals surface area contributed by atoms with Gasteiger partial charge in [0.05, 0.1) is 23.7 Å². The molecule has 3 aromatic rings. The summed E-state index contributed by atoms with van der Waals surface area (Å²) < 4.78 is 7.67. The highest BCUT2D eigenvalue weighted by Crippen LogP contribution is 2.17. The summed E-state index contributed by atoms with van der Waals surface area (Å²) in [6.07, 6.45) is 1.26. The topological polar surface area (TPSA) is 60.7 Å². The van der Waals surface area contributed by atoms with Crippen LogP contribution in [0.3, 0.4) is 0 Å². The number of esters is 1. The Kier molecular flexibility index (Phi) is 5.96. The normalized spacial score (nSPS) is 11.7. The maximum atomic E-state index is 12.3. The third-order valence-corrected chi connectivity index (χ3v) is 5.11. The van der Waals surface area contributed by atoms with Crippen molar-refractivity contribution in [3.05, 3.63) is 65.0 Å². The van der Waals surface area contributed by atoms with E-state index in [4.69, 9.17) is 4.74 Å². The molecular weight excluding hydrogens is 348 g/mol. The van der Waals surface area contributed by atoms with Crippen molar-refractivity contribution in [3.8, 4) is 0 Å². The number of ether oxygens (including phenoxy) is 1. The van der Waals surface area contributed by atoms with Crippen molar-refractivity contribution in [1.29, 1.82) is 0 Å². The maximum absolute atomic E-state index is 12.3. The molecule has 2 aromatic carbocycles. The van der Waals surface area contributed by atoms with Crippen molar-refractivity contribution in [2.75, 3.05) is 7.11 Å². The number of rotatable bonds is 6. The molecule has 5 nitrogen and oxygen atoms in total. The molecule has 0 radical (unpaired) electrons. The quantitative estimate of drug-likeness (QED) is 0.627. The van der Waals surface area contributed by atoms with Gasteiger partial charge in [-0.2, -0.15) is 4.99 Å². The van der Waals surface area contributed by atoms with E-state index in [1.165, 1.54) is 18.4 Å². The summed E-state index contributed by atoms with van der Waals surface area (Å²) >= 11 is 1.46. The Hall–Kier alpha value is -2.73. The van der Waals surface area contributed by atoms with Gasteiger partial charge in [0.1, 0.15) is 0 Å². The second kappa shape index (κ2) is 8.58. The number of hydrogen-bond donors (Lipinski definition) is 0. The summed E-state index contributed by atoms with van der Waals surface area (Å²) in [6.45, 7) is 0.432. The first-order chi connectivity index (χ1) is 12.7. The lowest BCUT2D eigenvalue weighted by Crippen LogP contribution is -2.19. The molecule has 0 aliphatic heterocycles. The minimum absolute atomic E-state index is 0.160. The lowest BCUT2D eigenvalue weighted by Gasteiger charge is -2.04. The first-order valence-corrected chi connectivity index (χ1v) is 9.25. The maximum Gasteiger partial charge on any atom is 0.307 e. The van der Waals surface area contributed by atoms with E-state index >= 15 is 0 Å². The predicted molar refractivity (Wildman–Crippen MR) is 102 cm³/mol. The van der Waals surface area contributed by atoms with Crippen molar-refractivity contribution in [1.82, 2.24) is 4.57 Å². The van der Waals surface area contributed by atoms with E-state index < -0.39 is 0 Å². The Morgan fingerprint density at radius 3 is 2.54 bits per heavy atom. The molecule has 0 fully saturated rings. The number of methoxy groups -OCH3 is 1. The fourth-order valence-electron chi connectivity index (χ4n) is 2.69. The molecule has 6 heteroatoms. The average Bonchev–Trinajstić information content (AvgIpc) is 3.02. The van der Waals surface area contributed by atoms with Crippen LogP contribution in [-0.4, -0.2) is 23.6 Å². The summed E-state index contributed by atoms with van der Waals surface area (Å²) in [5.41, 5.74) is 2.09. The molecule has 0 unspecified atom stereocenters. The fourth-order valence-corrected chi connectivity index (χ4v) is 3.76. The fraction of sp³-hybridized carbons (Fsp3) is 0.250. The summed E-state index contributed by atoms with van der Waals surface area (Å²) in [6, 6.07) is 17.7. The molecule has 0 saturated carbocycles. The molecule has 3 rings (SSSR count). The minimum Gasteiger partial charge on any atom is -0.469 e. The summed E-state index contributed by atoms with van der Waals surface area (Å²) in [7, 11) is 1.37. The van der Waals surface area contributed by atoms with Gasteiger partial charge in [-0.1, -0.05) is 53.8 Å². The van der Waals surface area contributed by atoms with Crippen LogP contribution in [0.2, 0.25) is 0 Å². The first-order valence-electron chi connectivity index (χ1n) is 8.44. The number of para-hydroxylation sites is 1. The molecule has 1 aromatic heterocycles. The van der Waals surface area contributed by atoms with Crippen molar-refractivity contribution in [2.45, 2.75) is 25.8 Å².